The molecule has 0 spiro atoms. The van der Waals surface area contributed by atoms with Gasteiger partial charge in [-0.25, -0.2) is 4.98 Å². The topological polar surface area (TPSA) is 64.3 Å². The molecule has 0 unspecified atom stereocenters. The van der Waals surface area contributed by atoms with Crippen LogP contribution in [0.1, 0.15) is 55.7 Å². The molecule has 2 aromatic heterocycles. The molecule has 0 N–H and O–H groups in total. The minimum absolute atomic E-state index is 0.0812. The van der Waals surface area contributed by atoms with Crippen LogP contribution >= 0.6 is 11.3 Å². The van der Waals surface area contributed by atoms with Crippen molar-refractivity contribution in [3.8, 4) is 0 Å². The number of hydrogen-bond acceptors (Lipinski definition) is 7. The summed E-state index contributed by atoms with van der Waals surface area (Å²) in [4.78, 5) is 7.12. The molecule has 1 aliphatic heterocycles. The predicted octanol–water partition coefficient (Wildman–Crippen LogP) is 3.09. The molecular formula is C16H24N4O2S. The first-order valence-electron chi connectivity index (χ1n) is 7.88. The fourth-order valence-electron chi connectivity index (χ4n) is 2.81. The summed E-state index contributed by atoms with van der Waals surface area (Å²) in [6.45, 7) is 10.0. The fraction of sp³-hybridized carbons (Fsp3) is 0.688. The zero-order valence-corrected chi connectivity index (χ0v) is 15.2. The average Bonchev–Trinajstić information content (AvgIpc) is 3.17. The lowest BCUT2D eigenvalue weighted by atomic mass is 9.93. The number of likely N-dealkylation sites (tertiary alicyclic amines) is 1. The van der Waals surface area contributed by atoms with Gasteiger partial charge < -0.3 is 9.15 Å². The third-order valence-corrected chi connectivity index (χ3v) is 5.02. The van der Waals surface area contributed by atoms with E-state index in [-0.39, 0.29) is 17.6 Å². The Morgan fingerprint density at radius 1 is 1.39 bits per heavy atom. The summed E-state index contributed by atoms with van der Waals surface area (Å²) in [5.41, 5.74) is 1.22. The van der Waals surface area contributed by atoms with Crippen molar-refractivity contribution < 1.29 is 9.15 Å². The molecule has 23 heavy (non-hydrogen) atoms. The molecule has 126 valence electrons. The van der Waals surface area contributed by atoms with Crippen molar-refractivity contribution in [2.45, 2.75) is 58.2 Å². The molecule has 0 aromatic carbocycles. The van der Waals surface area contributed by atoms with E-state index in [2.05, 4.69) is 41.2 Å². The molecule has 0 amide bonds. The molecule has 0 saturated carbocycles. The van der Waals surface area contributed by atoms with Crippen LogP contribution < -0.4 is 0 Å². The lowest BCUT2D eigenvalue weighted by molar-refractivity contribution is 0.107. The SMILES string of the molecule is CO[C@H]1C[C@H](c2nnc(C)o2)N(Cc2nc(C(C)(C)C)cs2)C1. The molecule has 0 radical (unpaired) electrons. The predicted molar refractivity (Wildman–Crippen MR) is 88.4 cm³/mol. The third kappa shape index (κ3) is 3.62. The highest BCUT2D eigenvalue weighted by Crippen LogP contribution is 2.34. The molecule has 1 aliphatic rings. The molecule has 7 heteroatoms. The number of aromatic nitrogens is 3. The highest BCUT2D eigenvalue weighted by molar-refractivity contribution is 7.09. The number of methoxy groups -OCH3 is 1. The zero-order chi connectivity index (χ0) is 16.6. The van der Waals surface area contributed by atoms with E-state index in [1.54, 1.807) is 18.4 Å². The molecule has 2 atom stereocenters. The molecule has 0 bridgehead atoms. The van der Waals surface area contributed by atoms with Crippen molar-refractivity contribution in [2.24, 2.45) is 0 Å². The van der Waals surface area contributed by atoms with E-state index in [1.165, 1.54) is 0 Å². The highest BCUT2D eigenvalue weighted by atomic mass is 32.1. The normalized spacial score (nSPS) is 22.8. The van der Waals surface area contributed by atoms with E-state index < -0.39 is 0 Å². The number of nitrogens with zero attached hydrogens (tertiary/aromatic N) is 4. The van der Waals surface area contributed by atoms with Gasteiger partial charge in [0.1, 0.15) is 5.01 Å². The van der Waals surface area contributed by atoms with Crippen molar-refractivity contribution in [1.29, 1.82) is 0 Å². The zero-order valence-electron chi connectivity index (χ0n) is 14.4. The lowest BCUT2D eigenvalue weighted by Gasteiger charge is -2.20. The Morgan fingerprint density at radius 3 is 2.74 bits per heavy atom. The van der Waals surface area contributed by atoms with Gasteiger partial charge in [-0.3, -0.25) is 4.90 Å². The number of hydrogen-bond donors (Lipinski definition) is 0. The van der Waals surface area contributed by atoms with Crippen LogP contribution in [-0.2, 0) is 16.7 Å². The summed E-state index contributed by atoms with van der Waals surface area (Å²) >= 11 is 1.71. The summed E-state index contributed by atoms with van der Waals surface area (Å²) in [6, 6.07) is 0.100. The fourth-order valence-corrected chi connectivity index (χ4v) is 3.86. The Hall–Kier alpha value is -1.31. The minimum Gasteiger partial charge on any atom is -0.424 e. The monoisotopic (exact) mass is 336 g/mol. The summed E-state index contributed by atoms with van der Waals surface area (Å²) in [7, 11) is 1.76. The Balaban J connectivity index is 1.77. The maximum Gasteiger partial charge on any atom is 0.233 e. The number of ether oxygens (including phenoxy) is 1. The molecular weight excluding hydrogens is 312 g/mol. The van der Waals surface area contributed by atoms with Gasteiger partial charge in [-0.1, -0.05) is 20.8 Å². The first-order valence-corrected chi connectivity index (χ1v) is 8.76. The van der Waals surface area contributed by atoms with Crippen molar-refractivity contribution in [3.63, 3.8) is 0 Å². The Bertz CT molecular complexity index is 661. The van der Waals surface area contributed by atoms with Crippen LogP contribution in [0.3, 0.4) is 0 Å². The van der Waals surface area contributed by atoms with Crippen molar-refractivity contribution >= 4 is 11.3 Å². The van der Waals surface area contributed by atoms with E-state index in [1.807, 2.05) is 6.92 Å². The number of aryl methyl sites for hydroxylation is 1. The molecule has 1 saturated heterocycles. The Kier molecular flexibility index (Phi) is 4.53. The Labute approximate surface area is 140 Å². The lowest BCUT2D eigenvalue weighted by Crippen LogP contribution is -2.25. The number of rotatable bonds is 4. The smallest absolute Gasteiger partial charge is 0.233 e. The summed E-state index contributed by atoms with van der Waals surface area (Å²) in [5, 5.41) is 11.4. The van der Waals surface area contributed by atoms with Gasteiger partial charge in [0.15, 0.2) is 0 Å². The van der Waals surface area contributed by atoms with E-state index in [0.29, 0.717) is 11.8 Å². The Morgan fingerprint density at radius 2 is 2.17 bits per heavy atom. The standard InChI is InChI=1S/C16H24N4O2S/c1-10-18-19-15(22-10)12-6-11(21-5)7-20(12)8-14-17-13(9-23-14)16(2,3)4/h9,11-12H,6-8H2,1-5H3/t11-,12+/m0/s1. The minimum atomic E-state index is 0.0812. The molecule has 3 heterocycles. The summed E-state index contributed by atoms with van der Waals surface area (Å²) in [5.74, 6) is 1.28. The van der Waals surface area contributed by atoms with Crippen molar-refractivity contribution in [2.75, 3.05) is 13.7 Å². The van der Waals surface area contributed by atoms with Crippen LogP contribution in [0.25, 0.3) is 0 Å². The first kappa shape index (κ1) is 16.5. The third-order valence-electron chi connectivity index (χ3n) is 4.18. The molecule has 1 fully saturated rings. The second kappa shape index (κ2) is 6.30. The van der Waals surface area contributed by atoms with Gasteiger partial charge in [0.05, 0.1) is 24.4 Å². The highest BCUT2D eigenvalue weighted by Gasteiger charge is 2.37. The van der Waals surface area contributed by atoms with E-state index in [0.717, 1.165) is 30.2 Å². The van der Waals surface area contributed by atoms with Crippen LogP contribution in [0, 0.1) is 6.92 Å². The van der Waals surface area contributed by atoms with Crippen LogP contribution in [0.4, 0.5) is 0 Å². The van der Waals surface area contributed by atoms with Gasteiger partial charge in [-0.05, 0) is 6.42 Å². The second-order valence-corrected chi connectivity index (χ2v) is 8.02. The van der Waals surface area contributed by atoms with Crippen molar-refractivity contribution in [1.82, 2.24) is 20.1 Å². The van der Waals surface area contributed by atoms with E-state index in [9.17, 15) is 0 Å². The van der Waals surface area contributed by atoms with Gasteiger partial charge in [0.2, 0.25) is 11.8 Å². The van der Waals surface area contributed by atoms with Gasteiger partial charge in [0.25, 0.3) is 0 Å². The van der Waals surface area contributed by atoms with Crippen LogP contribution in [-0.4, -0.2) is 39.8 Å². The van der Waals surface area contributed by atoms with Gasteiger partial charge in [-0.15, -0.1) is 21.5 Å². The molecule has 6 nitrogen and oxygen atoms in total. The molecule has 2 aromatic rings. The number of thiazole rings is 1. The quantitative estimate of drug-likeness (QED) is 0.855. The van der Waals surface area contributed by atoms with Gasteiger partial charge >= 0.3 is 0 Å². The largest absolute Gasteiger partial charge is 0.424 e. The van der Waals surface area contributed by atoms with Crippen LogP contribution in [0.5, 0.6) is 0 Å². The van der Waals surface area contributed by atoms with Gasteiger partial charge in [-0.2, -0.15) is 0 Å². The first-order chi connectivity index (χ1) is 10.9. The van der Waals surface area contributed by atoms with Crippen LogP contribution in [0.15, 0.2) is 9.80 Å². The van der Waals surface area contributed by atoms with Crippen molar-refractivity contribution in [3.05, 3.63) is 27.9 Å². The average molecular weight is 336 g/mol. The van der Waals surface area contributed by atoms with E-state index in [4.69, 9.17) is 14.1 Å². The molecule has 3 rings (SSSR count). The van der Waals surface area contributed by atoms with E-state index >= 15 is 0 Å². The molecule has 0 aliphatic carbocycles. The summed E-state index contributed by atoms with van der Waals surface area (Å²) in [6.07, 6.45) is 1.06. The van der Waals surface area contributed by atoms with Gasteiger partial charge in [0, 0.05) is 31.4 Å². The maximum atomic E-state index is 5.65. The van der Waals surface area contributed by atoms with Crippen LogP contribution in [0.2, 0.25) is 0 Å². The second-order valence-electron chi connectivity index (χ2n) is 7.07. The maximum absolute atomic E-state index is 5.65. The summed E-state index contributed by atoms with van der Waals surface area (Å²) < 4.78 is 11.2.